The van der Waals surface area contributed by atoms with Crippen LogP contribution in [0.15, 0.2) is 4.99 Å². The van der Waals surface area contributed by atoms with E-state index in [4.69, 9.17) is 4.74 Å². The highest BCUT2D eigenvalue weighted by molar-refractivity contribution is 5.79. The molecule has 2 fully saturated rings. The lowest BCUT2D eigenvalue weighted by Gasteiger charge is -2.29. The van der Waals surface area contributed by atoms with Gasteiger partial charge in [0.1, 0.15) is 0 Å². The molecule has 2 rings (SSSR count). The number of nitrogens with one attached hydrogen (secondary N) is 2. The summed E-state index contributed by atoms with van der Waals surface area (Å²) in [4.78, 5) is 6.75. The molecule has 5 heteroatoms. The number of aliphatic imine (C=N–C) groups is 1. The Labute approximate surface area is 116 Å². The predicted molar refractivity (Wildman–Crippen MR) is 78.5 cm³/mol. The largest absolute Gasteiger partial charge is 0.379 e. The smallest absolute Gasteiger partial charge is 0.190 e. The Morgan fingerprint density at radius 1 is 1.32 bits per heavy atom. The van der Waals surface area contributed by atoms with E-state index in [0.717, 1.165) is 57.8 Å². The topological polar surface area (TPSA) is 48.9 Å². The monoisotopic (exact) mass is 268 g/mol. The van der Waals surface area contributed by atoms with Gasteiger partial charge in [-0.1, -0.05) is 6.92 Å². The van der Waals surface area contributed by atoms with Gasteiger partial charge in [0.25, 0.3) is 0 Å². The molecule has 0 aromatic rings. The molecule has 110 valence electrons. The van der Waals surface area contributed by atoms with Crippen molar-refractivity contribution in [1.82, 2.24) is 15.5 Å². The van der Waals surface area contributed by atoms with Crippen molar-refractivity contribution in [3.05, 3.63) is 0 Å². The van der Waals surface area contributed by atoms with Gasteiger partial charge in [-0.25, -0.2) is 0 Å². The lowest BCUT2D eigenvalue weighted by atomic mass is 10.1. The summed E-state index contributed by atoms with van der Waals surface area (Å²) in [5, 5.41) is 6.82. The average Bonchev–Trinajstić information content (AvgIpc) is 3.24. The molecule has 1 aliphatic heterocycles. The Morgan fingerprint density at radius 3 is 2.68 bits per heavy atom. The van der Waals surface area contributed by atoms with Gasteiger partial charge in [0.15, 0.2) is 5.96 Å². The molecule has 0 aromatic carbocycles. The summed E-state index contributed by atoms with van der Waals surface area (Å²) in [5.41, 5.74) is 0. The number of ether oxygens (including phenoxy) is 1. The number of nitrogens with zero attached hydrogens (tertiary/aromatic N) is 2. The summed E-state index contributed by atoms with van der Waals surface area (Å²) in [5.74, 6) is 2.45. The van der Waals surface area contributed by atoms with Gasteiger partial charge in [-0.2, -0.15) is 0 Å². The second kappa shape index (κ2) is 7.70. The Bertz CT molecular complexity index is 285. The number of hydrogen-bond acceptors (Lipinski definition) is 3. The Kier molecular flexibility index (Phi) is 5.92. The van der Waals surface area contributed by atoms with E-state index in [1.54, 1.807) is 0 Å². The lowest BCUT2D eigenvalue weighted by Crippen LogP contribution is -2.44. The molecule has 0 bridgehead atoms. The van der Waals surface area contributed by atoms with Crippen LogP contribution >= 0.6 is 0 Å². The normalized spacial score (nSPS) is 23.2. The molecule has 1 atom stereocenters. The van der Waals surface area contributed by atoms with E-state index in [0.29, 0.717) is 5.92 Å². The maximum Gasteiger partial charge on any atom is 0.190 e. The fourth-order valence-electron chi connectivity index (χ4n) is 2.34. The average molecular weight is 268 g/mol. The van der Waals surface area contributed by atoms with Gasteiger partial charge in [0.2, 0.25) is 0 Å². The van der Waals surface area contributed by atoms with E-state index in [9.17, 15) is 0 Å². The summed E-state index contributed by atoms with van der Waals surface area (Å²) in [6.45, 7) is 9.36. The second-order valence-electron chi connectivity index (χ2n) is 5.80. The summed E-state index contributed by atoms with van der Waals surface area (Å²) in [6, 6.07) is 0. The van der Waals surface area contributed by atoms with Crippen LogP contribution in [0.3, 0.4) is 0 Å². The highest BCUT2D eigenvalue weighted by atomic mass is 16.5. The Balaban J connectivity index is 1.59. The van der Waals surface area contributed by atoms with Crippen molar-refractivity contribution in [3.8, 4) is 0 Å². The SMILES string of the molecule is CN=C(NCC(C)CN1CCOCC1)NCC1CC1. The van der Waals surface area contributed by atoms with Gasteiger partial charge in [-0.15, -0.1) is 0 Å². The van der Waals surface area contributed by atoms with Crippen molar-refractivity contribution >= 4 is 5.96 Å². The highest BCUT2D eigenvalue weighted by Gasteiger charge is 2.21. The summed E-state index contributed by atoms with van der Waals surface area (Å²) in [6.07, 6.45) is 2.74. The van der Waals surface area contributed by atoms with Crippen molar-refractivity contribution < 1.29 is 4.74 Å². The third-order valence-corrected chi connectivity index (χ3v) is 3.77. The standard InChI is InChI=1S/C14H28N4O/c1-12(11-18-5-7-19-8-6-18)9-16-14(15-2)17-10-13-3-4-13/h12-13H,3-11H2,1-2H3,(H2,15,16,17). The molecule has 1 saturated heterocycles. The third-order valence-electron chi connectivity index (χ3n) is 3.77. The van der Waals surface area contributed by atoms with E-state index < -0.39 is 0 Å². The first-order valence-corrected chi connectivity index (χ1v) is 7.52. The summed E-state index contributed by atoms with van der Waals surface area (Å²) in [7, 11) is 1.84. The first kappa shape index (κ1) is 14.6. The van der Waals surface area contributed by atoms with Gasteiger partial charge >= 0.3 is 0 Å². The fraction of sp³-hybridized carbons (Fsp3) is 0.929. The predicted octanol–water partition coefficient (Wildman–Crippen LogP) is 0.530. The van der Waals surface area contributed by atoms with Crippen LogP contribution in [0.4, 0.5) is 0 Å². The molecule has 0 amide bonds. The minimum Gasteiger partial charge on any atom is -0.379 e. The quantitative estimate of drug-likeness (QED) is 0.545. The van der Waals surface area contributed by atoms with Crippen LogP contribution in [0, 0.1) is 11.8 Å². The van der Waals surface area contributed by atoms with Crippen LogP contribution in [0.2, 0.25) is 0 Å². The summed E-state index contributed by atoms with van der Waals surface area (Å²) < 4.78 is 5.37. The zero-order valence-corrected chi connectivity index (χ0v) is 12.3. The number of guanidine groups is 1. The van der Waals surface area contributed by atoms with Crippen LogP contribution in [0.25, 0.3) is 0 Å². The molecule has 1 saturated carbocycles. The van der Waals surface area contributed by atoms with Crippen LogP contribution in [0.1, 0.15) is 19.8 Å². The van der Waals surface area contributed by atoms with Gasteiger partial charge in [-0.05, 0) is 24.7 Å². The van der Waals surface area contributed by atoms with Crippen LogP contribution in [0.5, 0.6) is 0 Å². The maximum absolute atomic E-state index is 5.37. The number of hydrogen-bond donors (Lipinski definition) is 2. The molecular weight excluding hydrogens is 240 g/mol. The van der Waals surface area contributed by atoms with Crippen LogP contribution < -0.4 is 10.6 Å². The molecule has 1 aliphatic carbocycles. The van der Waals surface area contributed by atoms with E-state index in [1.165, 1.54) is 12.8 Å². The molecule has 0 aromatic heterocycles. The van der Waals surface area contributed by atoms with Crippen molar-refractivity contribution in [2.75, 3.05) is 53.0 Å². The van der Waals surface area contributed by atoms with Crippen molar-refractivity contribution in [2.24, 2.45) is 16.8 Å². The molecule has 0 radical (unpaired) electrons. The first-order valence-electron chi connectivity index (χ1n) is 7.52. The number of morpholine rings is 1. The molecule has 5 nitrogen and oxygen atoms in total. The fourth-order valence-corrected chi connectivity index (χ4v) is 2.34. The van der Waals surface area contributed by atoms with E-state index >= 15 is 0 Å². The number of rotatable bonds is 6. The Hall–Kier alpha value is -0.810. The zero-order chi connectivity index (χ0) is 13.5. The van der Waals surface area contributed by atoms with E-state index in [2.05, 4.69) is 27.4 Å². The summed E-state index contributed by atoms with van der Waals surface area (Å²) >= 11 is 0. The highest BCUT2D eigenvalue weighted by Crippen LogP contribution is 2.27. The van der Waals surface area contributed by atoms with Gasteiger partial charge in [-0.3, -0.25) is 9.89 Å². The van der Waals surface area contributed by atoms with Crippen LogP contribution in [-0.2, 0) is 4.74 Å². The van der Waals surface area contributed by atoms with Crippen molar-refractivity contribution in [2.45, 2.75) is 19.8 Å². The van der Waals surface area contributed by atoms with Crippen LogP contribution in [-0.4, -0.2) is 63.8 Å². The molecular formula is C14H28N4O. The second-order valence-corrected chi connectivity index (χ2v) is 5.80. The minimum atomic E-state index is 0.623. The van der Waals surface area contributed by atoms with Crippen molar-refractivity contribution in [1.29, 1.82) is 0 Å². The van der Waals surface area contributed by atoms with Gasteiger partial charge in [0.05, 0.1) is 13.2 Å². The molecule has 1 unspecified atom stereocenters. The van der Waals surface area contributed by atoms with Crippen molar-refractivity contribution in [3.63, 3.8) is 0 Å². The van der Waals surface area contributed by atoms with E-state index in [1.807, 2.05) is 7.05 Å². The molecule has 19 heavy (non-hydrogen) atoms. The minimum absolute atomic E-state index is 0.623. The first-order chi connectivity index (χ1) is 9.28. The maximum atomic E-state index is 5.37. The van der Waals surface area contributed by atoms with Gasteiger partial charge < -0.3 is 15.4 Å². The Morgan fingerprint density at radius 2 is 2.05 bits per heavy atom. The molecule has 1 heterocycles. The third kappa shape index (κ3) is 5.78. The van der Waals surface area contributed by atoms with Gasteiger partial charge in [0, 0.05) is 39.8 Å². The molecule has 2 aliphatic rings. The lowest BCUT2D eigenvalue weighted by molar-refractivity contribution is 0.0320. The molecule has 0 spiro atoms. The zero-order valence-electron chi connectivity index (χ0n) is 12.3. The molecule has 2 N–H and O–H groups in total. The van der Waals surface area contributed by atoms with E-state index in [-0.39, 0.29) is 0 Å².